The number of halogens is 2. The maximum Gasteiger partial charge on any atom is 0.126 e. The van der Waals surface area contributed by atoms with Crippen LogP contribution in [0.3, 0.4) is 0 Å². The number of hydrazine groups is 1. The van der Waals surface area contributed by atoms with Crippen molar-refractivity contribution in [3.05, 3.63) is 57.5 Å². The Kier molecular flexibility index (Phi) is 3.74. The lowest BCUT2D eigenvalue weighted by atomic mass is 10.1. The van der Waals surface area contributed by atoms with Gasteiger partial charge in [0.2, 0.25) is 0 Å². The summed E-state index contributed by atoms with van der Waals surface area (Å²) in [4.78, 5) is 0. The molecule has 1 atom stereocenters. The third-order valence-electron chi connectivity index (χ3n) is 2.50. The minimum Gasteiger partial charge on any atom is -0.464 e. The maximum absolute atomic E-state index is 6.15. The molecule has 2 aromatic rings. The lowest BCUT2D eigenvalue weighted by molar-refractivity contribution is 0.435. The minimum absolute atomic E-state index is 0.310. The number of rotatable bonds is 3. The van der Waals surface area contributed by atoms with E-state index in [4.69, 9.17) is 33.5 Å². The Morgan fingerprint density at radius 2 is 2.00 bits per heavy atom. The molecule has 1 heterocycles. The second-order valence-electron chi connectivity index (χ2n) is 3.69. The summed E-state index contributed by atoms with van der Waals surface area (Å²) in [5.41, 5.74) is 3.47. The van der Waals surface area contributed by atoms with E-state index >= 15 is 0 Å². The Balaban J connectivity index is 2.45. The molecule has 1 unspecified atom stereocenters. The Morgan fingerprint density at radius 3 is 2.59 bits per heavy atom. The van der Waals surface area contributed by atoms with Gasteiger partial charge in [0.1, 0.15) is 17.6 Å². The summed E-state index contributed by atoms with van der Waals surface area (Å²) in [5.74, 6) is 7.07. The van der Waals surface area contributed by atoms with Gasteiger partial charge in [-0.05, 0) is 30.7 Å². The highest BCUT2D eigenvalue weighted by Gasteiger charge is 2.19. The van der Waals surface area contributed by atoms with Gasteiger partial charge in [0.15, 0.2) is 0 Å². The van der Waals surface area contributed by atoms with Gasteiger partial charge in [0.05, 0.1) is 10.0 Å². The van der Waals surface area contributed by atoms with E-state index in [2.05, 4.69) is 5.43 Å². The first-order valence-electron chi connectivity index (χ1n) is 5.10. The molecule has 1 aromatic carbocycles. The lowest BCUT2D eigenvalue weighted by Crippen LogP contribution is -2.28. The molecule has 0 saturated heterocycles. The predicted molar refractivity (Wildman–Crippen MR) is 69.1 cm³/mol. The van der Waals surface area contributed by atoms with Crippen molar-refractivity contribution in [2.24, 2.45) is 5.84 Å². The fraction of sp³-hybridized carbons (Fsp3) is 0.167. The largest absolute Gasteiger partial charge is 0.464 e. The fourth-order valence-corrected chi connectivity index (χ4v) is 2.09. The summed E-state index contributed by atoms with van der Waals surface area (Å²) in [6.45, 7) is 1.87. The van der Waals surface area contributed by atoms with E-state index in [9.17, 15) is 0 Å². The first-order chi connectivity index (χ1) is 8.13. The molecule has 2 rings (SSSR count). The molecule has 0 saturated carbocycles. The third kappa shape index (κ3) is 2.48. The van der Waals surface area contributed by atoms with Crippen LogP contribution in [-0.4, -0.2) is 0 Å². The van der Waals surface area contributed by atoms with E-state index < -0.39 is 0 Å². The average Bonchev–Trinajstić information content (AvgIpc) is 2.72. The third-order valence-corrected chi connectivity index (χ3v) is 3.34. The van der Waals surface area contributed by atoms with E-state index in [1.54, 1.807) is 6.07 Å². The number of nitrogens with one attached hydrogen (secondary N) is 1. The zero-order valence-electron chi connectivity index (χ0n) is 9.21. The van der Waals surface area contributed by atoms with Gasteiger partial charge in [0, 0.05) is 0 Å². The van der Waals surface area contributed by atoms with Crippen LogP contribution in [0.25, 0.3) is 0 Å². The van der Waals surface area contributed by atoms with Gasteiger partial charge in [-0.25, -0.2) is 5.43 Å². The highest BCUT2D eigenvalue weighted by molar-refractivity contribution is 6.42. The number of aryl methyl sites for hydroxylation is 1. The molecule has 0 aliphatic heterocycles. The Hall–Kier alpha value is -1.000. The van der Waals surface area contributed by atoms with E-state index in [-0.39, 0.29) is 6.04 Å². The van der Waals surface area contributed by atoms with Crippen LogP contribution in [0.4, 0.5) is 0 Å². The van der Waals surface area contributed by atoms with Crippen LogP contribution in [0.2, 0.25) is 10.0 Å². The molecular formula is C12H12Cl2N2O. The van der Waals surface area contributed by atoms with E-state index in [1.807, 2.05) is 31.2 Å². The lowest BCUT2D eigenvalue weighted by Gasteiger charge is -2.15. The molecule has 3 N–H and O–H groups in total. The van der Waals surface area contributed by atoms with E-state index in [1.165, 1.54) is 0 Å². The molecule has 90 valence electrons. The Labute approximate surface area is 109 Å². The second kappa shape index (κ2) is 5.10. The number of furan rings is 1. The highest BCUT2D eigenvalue weighted by atomic mass is 35.5. The zero-order valence-corrected chi connectivity index (χ0v) is 10.7. The zero-order chi connectivity index (χ0) is 12.4. The van der Waals surface area contributed by atoms with Crippen LogP contribution in [0, 0.1) is 6.92 Å². The number of hydrogen-bond donors (Lipinski definition) is 2. The van der Waals surface area contributed by atoms with Gasteiger partial charge in [-0.15, -0.1) is 0 Å². The van der Waals surface area contributed by atoms with Crippen LogP contribution in [0.5, 0.6) is 0 Å². The van der Waals surface area contributed by atoms with Crippen molar-refractivity contribution < 1.29 is 4.42 Å². The first kappa shape index (κ1) is 12.5. The average molecular weight is 271 g/mol. The van der Waals surface area contributed by atoms with Crippen LogP contribution in [0.1, 0.15) is 23.1 Å². The summed E-state index contributed by atoms with van der Waals surface area (Å²) in [7, 11) is 0. The molecule has 1 aromatic heterocycles. The van der Waals surface area contributed by atoms with Crippen molar-refractivity contribution in [2.75, 3.05) is 0 Å². The van der Waals surface area contributed by atoms with Gasteiger partial charge < -0.3 is 4.42 Å². The smallest absolute Gasteiger partial charge is 0.126 e. The van der Waals surface area contributed by atoms with Crippen molar-refractivity contribution in [1.82, 2.24) is 5.43 Å². The summed E-state index contributed by atoms with van der Waals surface area (Å²) >= 11 is 12.1. The highest BCUT2D eigenvalue weighted by Crippen LogP contribution is 2.33. The Morgan fingerprint density at radius 1 is 1.24 bits per heavy atom. The number of hydrogen-bond acceptors (Lipinski definition) is 3. The van der Waals surface area contributed by atoms with Gasteiger partial charge in [-0.2, -0.15) is 0 Å². The van der Waals surface area contributed by atoms with Crippen molar-refractivity contribution in [3.63, 3.8) is 0 Å². The van der Waals surface area contributed by atoms with Crippen molar-refractivity contribution >= 4 is 23.2 Å². The molecule has 0 fully saturated rings. The topological polar surface area (TPSA) is 51.2 Å². The summed E-state index contributed by atoms with van der Waals surface area (Å²) in [6.07, 6.45) is 0. The van der Waals surface area contributed by atoms with Crippen LogP contribution in [-0.2, 0) is 0 Å². The molecule has 0 amide bonds. The molecule has 0 aliphatic rings. The molecule has 5 heteroatoms. The van der Waals surface area contributed by atoms with Gasteiger partial charge in [0.25, 0.3) is 0 Å². The van der Waals surface area contributed by atoms with Gasteiger partial charge in [-0.3, -0.25) is 5.84 Å². The molecule has 0 bridgehead atoms. The van der Waals surface area contributed by atoms with Gasteiger partial charge in [-0.1, -0.05) is 35.3 Å². The quantitative estimate of drug-likeness (QED) is 0.664. The van der Waals surface area contributed by atoms with Crippen molar-refractivity contribution in [2.45, 2.75) is 13.0 Å². The monoisotopic (exact) mass is 270 g/mol. The molecule has 0 aliphatic carbocycles. The first-order valence-corrected chi connectivity index (χ1v) is 5.85. The summed E-state index contributed by atoms with van der Waals surface area (Å²) < 4.78 is 5.54. The molecule has 17 heavy (non-hydrogen) atoms. The summed E-state index contributed by atoms with van der Waals surface area (Å²) in [5, 5.41) is 0.971. The molecule has 3 nitrogen and oxygen atoms in total. The number of benzene rings is 1. The van der Waals surface area contributed by atoms with Gasteiger partial charge >= 0.3 is 0 Å². The maximum atomic E-state index is 6.15. The van der Waals surface area contributed by atoms with Crippen molar-refractivity contribution in [1.29, 1.82) is 0 Å². The van der Waals surface area contributed by atoms with Crippen LogP contribution < -0.4 is 11.3 Å². The van der Waals surface area contributed by atoms with E-state index in [0.29, 0.717) is 15.8 Å². The predicted octanol–water partition coefficient (Wildman–Crippen LogP) is 3.45. The fourth-order valence-electron chi connectivity index (χ4n) is 1.68. The van der Waals surface area contributed by atoms with Crippen molar-refractivity contribution in [3.8, 4) is 0 Å². The SMILES string of the molecule is Cc1ccc(C(NN)c2cccc(Cl)c2Cl)o1. The molecule has 0 radical (unpaired) electrons. The number of nitrogens with two attached hydrogens (primary N) is 1. The standard InChI is InChI=1S/C12H12Cl2N2O/c1-7-5-6-10(17-7)12(16-15)8-3-2-4-9(13)11(8)14/h2-6,12,16H,15H2,1H3. The van der Waals surface area contributed by atoms with Crippen LogP contribution >= 0.6 is 23.2 Å². The summed E-state index contributed by atoms with van der Waals surface area (Å²) in [6, 6.07) is 8.83. The van der Waals surface area contributed by atoms with Crippen LogP contribution in [0.15, 0.2) is 34.7 Å². The molecule has 0 spiro atoms. The molecular weight excluding hydrogens is 259 g/mol. The normalized spacial score (nSPS) is 12.7. The van der Waals surface area contributed by atoms with E-state index in [0.717, 1.165) is 11.3 Å². The Bertz CT molecular complexity index is 525. The minimum atomic E-state index is -0.310. The second-order valence-corrected chi connectivity index (χ2v) is 4.48.